The molecule has 1 atom stereocenters. The van der Waals surface area contributed by atoms with Crippen LogP contribution in [0.4, 0.5) is 0 Å². The summed E-state index contributed by atoms with van der Waals surface area (Å²) in [6, 6.07) is 13.6. The van der Waals surface area contributed by atoms with Gasteiger partial charge in [0.1, 0.15) is 17.1 Å². The summed E-state index contributed by atoms with van der Waals surface area (Å²) in [7, 11) is 3.32. The number of methoxy groups -OCH3 is 2. The second kappa shape index (κ2) is 6.99. The molecule has 1 aliphatic heterocycles. The first-order valence-corrected chi connectivity index (χ1v) is 9.11. The molecule has 1 fully saturated rings. The molecular weight excluding hydrogens is 342 g/mol. The number of benzene rings is 2. The van der Waals surface area contributed by atoms with E-state index in [-0.39, 0.29) is 11.8 Å². The first-order valence-electron chi connectivity index (χ1n) is 9.11. The molecule has 27 heavy (non-hydrogen) atoms. The highest BCUT2D eigenvalue weighted by Crippen LogP contribution is 2.36. The van der Waals surface area contributed by atoms with Gasteiger partial charge >= 0.3 is 0 Å². The number of para-hydroxylation sites is 1. The Morgan fingerprint density at radius 1 is 1.15 bits per heavy atom. The summed E-state index contributed by atoms with van der Waals surface area (Å²) in [4.78, 5) is 14.8. The van der Waals surface area contributed by atoms with Gasteiger partial charge in [-0.25, -0.2) is 0 Å². The molecule has 0 radical (unpaired) electrons. The summed E-state index contributed by atoms with van der Waals surface area (Å²) in [5.74, 6) is 2.18. The van der Waals surface area contributed by atoms with Crippen LogP contribution in [0.3, 0.4) is 0 Å². The third-order valence-corrected chi connectivity index (χ3v) is 5.30. The van der Waals surface area contributed by atoms with Gasteiger partial charge in [0, 0.05) is 30.0 Å². The summed E-state index contributed by atoms with van der Waals surface area (Å²) in [6.07, 6.45) is 0.883. The van der Waals surface area contributed by atoms with E-state index in [2.05, 4.69) is 0 Å². The standard InChI is InChI=1S/C22H23NO4/c1-14-5-4-6-15-11-20(27-21(14)15)22(24)23-10-9-16(13-23)18-12-17(25-2)7-8-19(18)26-3/h4-8,11-12,16H,9-10,13H2,1-3H3/t16-/m1/s1. The Bertz CT molecular complexity index is 991. The molecule has 0 unspecified atom stereocenters. The highest BCUT2D eigenvalue weighted by atomic mass is 16.5. The van der Waals surface area contributed by atoms with Gasteiger partial charge in [-0.2, -0.15) is 0 Å². The fourth-order valence-corrected chi connectivity index (χ4v) is 3.83. The van der Waals surface area contributed by atoms with E-state index in [9.17, 15) is 4.79 Å². The third-order valence-electron chi connectivity index (χ3n) is 5.30. The molecule has 2 aromatic carbocycles. The molecule has 0 spiro atoms. The zero-order valence-corrected chi connectivity index (χ0v) is 15.8. The Morgan fingerprint density at radius 3 is 2.74 bits per heavy atom. The van der Waals surface area contributed by atoms with Crippen LogP contribution in [0.1, 0.15) is 34.0 Å². The van der Waals surface area contributed by atoms with E-state index >= 15 is 0 Å². The number of amides is 1. The Morgan fingerprint density at radius 2 is 2.00 bits per heavy atom. The first-order chi connectivity index (χ1) is 13.1. The number of fused-ring (bicyclic) bond motifs is 1. The van der Waals surface area contributed by atoms with Crippen LogP contribution in [0.2, 0.25) is 0 Å². The van der Waals surface area contributed by atoms with Crippen molar-refractivity contribution < 1.29 is 18.7 Å². The lowest BCUT2D eigenvalue weighted by atomic mass is 9.97. The summed E-state index contributed by atoms with van der Waals surface area (Å²) in [5, 5.41) is 0.962. The lowest BCUT2D eigenvalue weighted by Gasteiger charge is -2.17. The molecule has 1 amide bonds. The number of furan rings is 1. The van der Waals surface area contributed by atoms with Gasteiger partial charge < -0.3 is 18.8 Å². The molecular formula is C22H23NO4. The van der Waals surface area contributed by atoms with Gasteiger partial charge in [0.2, 0.25) is 0 Å². The topological polar surface area (TPSA) is 51.9 Å². The monoisotopic (exact) mass is 365 g/mol. The van der Waals surface area contributed by atoms with Crippen LogP contribution in [-0.4, -0.2) is 38.1 Å². The average molecular weight is 365 g/mol. The molecule has 4 rings (SSSR count). The van der Waals surface area contributed by atoms with Crippen molar-refractivity contribution in [1.82, 2.24) is 4.90 Å². The van der Waals surface area contributed by atoms with E-state index in [1.165, 1.54) is 0 Å². The maximum absolute atomic E-state index is 13.0. The number of rotatable bonds is 4. The Balaban J connectivity index is 1.57. The molecule has 1 aromatic heterocycles. The average Bonchev–Trinajstić information content (AvgIpc) is 3.35. The van der Waals surface area contributed by atoms with E-state index in [1.54, 1.807) is 14.2 Å². The minimum Gasteiger partial charge on any atom is -0.497 e. The van der Waals surface area contributed by atoms with Gasteiger partial charge in [-0.15, -0.1) is 0 Å². The molecule has 0 saturated carbocycles. The van der Waals surface area contributed by atoms with Crippen molar-refractivity contribution in [2.24, 2.45) is 0 Å². The summed E-state index contributed by atoms with van der Waals surface area (Å²) >= 11 is 0. The number of carbonyl (C=O) groups is 1. The Labute approximate surface area is 158 Å². The number of aryl methyl sites for hydroxylation is 1. The van der Waals surface area contributed by atoms with Crippen molar-refractivity contribution in [1.29, 1.82) is 0 Å². The van der Waals surface area contributed by atoms with Crippen molar-refractivity contribution in [2.75, 3.05) is 27.3 Å². The molecule has 0 N–H and O–H groups in total. The van der Waals surface area contributed by atoms with Gasteiger partial charge in [0.25, 0.3) is 5.91 Å². The Kier molecular flexibility index (Phi) is 4.52. The largest absolute Gasteiger partial charge is 0.497 e. The van der Waals surface area contributed by atoms with Crippen LogP contribution in [0.15, 0.2) is 46.9 Å². The van der Waals surface area contributed by atoms with Crippen molar-refractivity contribution >= 4 is 16.9 Å². The van der Waals surface area contributed by atoms with Crippen LogP contribution in [0.5, 0.6) is 11.5 Å². The smallest absolute Gasteiger partial charge is 0.289 e. The molecule has 2 heterocycles. The molecule has 0 aliphatic carbocycles. The molecule has 1 aliphatic rings. The minimum absolute atomic E-state index is 0.0602. The SMILES string of the molecule is COc1ccc(OC)c([C@@H]2CCN(C(=O)c3cc4cccc(C)c4o3)C2)c1. The van der Waals surface area contributed by atoms with E-state index in [0.29, 0.717) is 18.8 Å². The Hall–Kier alpha value is -2.95. The first kappa shape index (κ1) is 17.5. The highest BCUT2D eigenvalue weighted by Gasteiger charge is 2.31. The van der Waals surface area contributed by atoms with Gasteiger partial charge in [-0.3, -0.25) is 4.79 Å². The second-order valence-corrected chi connectivity index (χ2v) is 6.95. The fourth-order valence-electron chi connectivity index (χ4n) is 3.83. The van der Waals surface area contributed by atoms with Crippen LogP contribution in [-0.2, 0) is 0 Å². The third kappa shape index (κ3) is 3.14. The number of ether oxygens (including phenoxy) is 2. The van der Waals surface area contributed by atoms with Crippen molar-refractivity contribution in [3.05, 3.63) is 59.4 Å². The van der Waals surface area contributed by atoms with E-state index in [0.717, 1.165) is 40.0 Å². The normalized spacial score (nSPS) is 16.7. The maximum atomic E-state index is 13.0. The maximum Gasteiger partial charge on any atom is 0.289 e. The predicted octanol–water partition coefficient (Wildman–Crippen LogP) is 4.39. The summed E-state index contributed by atoms with van der Waals surface area (Å²) in [5.41, 5.74) is 2.89. The molecule has 5 heteroatoms. The van der Waals surface area contributed by atoms with Crippen molar-refractivity contribution in [2.45, 2.75) is 19.3 Å². The van der Waals surface area contributed by atoms with Crippen molar-refractivity contribution in [3.8, 4) is 11.5 Å². The van der Waals surface area contributed by atoms with Gasteiger partial charge in [-0.1, -0.05) is 18.2 Å². The van der Waals surface area contributed by atoms with E-state index in [1.807, 2.05) is 54.3 Å². The zero-order chi connectivity index (χ0) is 19.0. The predicted molar refractivity (Wildman–Crippen MR) is 104 cm³/mol. The molecule has 140 valence electrons. The minimum atomic E-state index is -0.0602. The second-order valence-electron chi connectivity index (χ2n) is 6.95. The number of hydrogen-bond acceptors (Lipinski definition) is 4. The molecule has 1 saturated heterocycles. The lowest BCUT2D eigenvalue weighted by Crippen LogP contribution is -2.28. The highest BCUT2D eigenvalue weighted by molar-refractivity contribution is 5.96. The van der Waals surface area contributed by atoms with Crippen LogP contribution < -0.4 is 9.47 Å². The number of likely N-dealkylation sites (tertiary alicyclic amines) is 1. The number of carbonyl (C=O) groups excluding carboxylic acids is 1. The zero-order valence-electron chi connectivity index (χ0n) is 15.8. The molecule has 3 aromatic rings. The number of nitrogens with zero attached hydrogens (tertiary/aromatic N) is 1. The van der Waals surface area contributed by atoms with Crippen LogP contribution in [0.25, 0.3) is 11.0 Å². The van der Waals surface area contributed by atoms with Crippen LogP contribution >= 0.6 is 0 Å². The van der Waals surface area contributed by atoms with E-state index < -0.39 is 0 Å². The van der Waals surface area contributed by atoms with Gasteiger partial charge in [0.15, 0.2) is 5.76 Å². The van der Waals surface area contributed by atoms with Gasteiger partial charge in [-0.05, 0) is 43.2 Å². The van der Waals surface area contributed by atoms with Gasteiger partial charge in [0.05, 0.1) is 14.2 Å². The molecule has 5 nitrogen and oxygen atoms in total. The molecule has 0 bridgehead atoms. The lowest BCUT2D eigenvalue weighted by molar-refractivity contribution is 0.0761. The van der Waals surface area contributed by atoms with Crippen molar-refractivity contribution in [3.63, 3.8) is 0 Å². The fraction of sp³-hybridized carbons (Fsp3) is 0.318. The summed E-state index contributed by atoms with van der Waals surface area (Å²) in [6.45, 7) is 3.32. The van der Waals surface area contributed by atoms with E-state index in [4.69, 9.17) is 13.9 Å². The van der Waals surface area contributed by atoms with Crippen LogP contribution in [0, 0.1) is 6.92 Å². The summed E-state index contributed by atoms with van der Waals surface area (Å²) < 4.78 is 16.7. The quantitative estimate of drug-likeness (QED) is 0.688. The number of hydrogen-bond donors (Lipinski definition) is 0.